The van der Waals surface area contributed by atoms with Crippen LogP contribution in [0, 0.1) is 0 Å². The van der Waals surface area contributed by atoms with E-state index in [2.05, 4.69) is 15.6 Å². The van der Waals surface area contributed by atoms with Gasteiger partial charge >= 0.3 is 5.97 Å². The number of ether oxygens (including phenoxy) is 1. The zero-order valence-corrected chi connectivity index (χ0v) is 12.0. The smallest absolute Gasteiger partial charge is 0.325 e. The van der Waals surface area contributed by atoms with Gasteiger partial charge in [-0.3, -0.25) is 9.59 Å². The largest absolute Gasteiger partial charge is 0.465 e. The number of amides is 1. The Morgan fingerprint density at radius 2 is 2.24 bits per heavy atom. The quantitative estimate of drug-likeness (QED) is 0.717. The first-order valence-electron chi connectivity index (χ1n) is 7.28. The van der Waals surface area contributed by atoms with Crippen molar-refractivity contribution in [3.8, 4) is 0 Å². The van der Waals surface area contributed by atoms with Crippen molar-refractivity contribution < 1.29 is 14.3 Å². The Kier molecular flexibility index (Phi) is 3.87. The molecule has 114 valence electrons. The van der Waals surface area contributed by atoms with Crippen molar-refractivity contribution in [2.45, 2.75) is 31.8 Å². The number of carbonyl (C=O) groups is 2. The topological polar surface area (TPSA) is 89.4 Å². The maximum atomic E-state index is 12.5. The Morgan fingerprint density at radius 1 is 1.48 bits per heavy atom. The van der Waals surface area contributed by atoms with E-state index in [-0.39, 0.29) is 36.2 Å². The van der Waals surface area contributed by atoms with E-state index >= 15 is 0 Å². The summed E-state index contributed by atoms with van der Waals surface area (Å²) < 4.78 is 6.63. The van der Waals surface area contributed by atoms with E-state index in [9.17, 15) is 9.59 Å². The number of hydrogen-bond acceptors (Lipinski definition) is 6. The lowest BCUT2D eigenvalue weighted by Gasteiger charge is -2.26. The first-order valence-corrected chi connectivity index (χ1v) is 7.28. The van der Waals surface area contributed by atoms with Crippen LogP contribution < -0.4 is 5.32 Å². The predicted molar refractivity (Wildman–Crippen MR) is 72.6 cm³/mol. The molecule has 0 radical (unpaired) electrons. The molecule has 8 nitrogen and oxygen atoms in total. The van der Waals surface area contributed by atoms with Crippen LogP contribution in [0.25, 0.3) is 0 Å². The number of aromatic nitrogens is 3. The molecule has 3 rings (SSSR count). The monoisotopic (exact) mass is 293 g/mol. The summed E-state index contributed by atoms with van der Waals surface area (Å²) in [5, 5.41) is 11.1. The molecule has 8 heteroatoms. The summed E-state index contributed by atoms with van der Waals surface area (Å²) in [6.45, 7) is 3.73. The fraction of sp³-hybridized carbons (Fsp3) is 0.692. The van der Waals surface area contributed by atoms with E-state index in [1.54, 1.807) is 22.7 Å². The number of nitrogens with one attached hydrogen (secondary N) is 1. The van der Waals surface area contributed by atoms with E-state index in [0.717, 1.165) is 25.9 Å². The van der Waals surface area contributed by atoms with E-state index in [1.165, 1.54) is 0 Å². The Labute approximate surface area is 122 Å². The van der Waals surface area contributed by atoms with Crippen molar-refractivity contribution in [2.24, 2.45) is 0 Å². The Balaban J connectivity index is 1.68. The molecular weight excluding hydrogens is 274 g/mol. The van der Waals surface area contributed by atoms with Crippen molar-refractivity contribution in [3.05, 3.63) is 11.9 Å². The highest BCUT2D eigenvalue weighted by atomic mass is 16.5. The molecule has 1 aliphatic carbocycles. The molecule has 1 saturated carbocycles. The van der Waals surface area contributed by atoms with Crippen LogP contribution in [0.15, 0.2) is 6.20 Å². The van der Waals surface area contributed by atoms with Crippen molar-refractivity contribution in [1.82, 2.24) is 25.2 Å². The summed E-state index contributed by atoms with van der Waals surface area (Å²) in [7, 11) is 0. The van der Waals surface area contributed by atoms with Crippen LogP contribution in [0.1, 0.15) is 36.3 Å². The molecule has 1 N–H and O–H groups in total. The average molecular weight is 293 g/mol. The normalized spacial score (nSPS) is 18.1. The van der Waals surface area contributed by atoms with Gasteiger partial charge in [-0.15, -0.1) is 5.10 Å². The zero-order valence-electron chi connectivity index (χ0n) is 12.0. The van der Waals surface area contributed by atoms with Gasteiger partial charge in [-0.2, -0.15) is 0 Å². The molecule has 2 fully saturated rings. The Bertz CT molecular complexity index is 536. The van der Waals surface area contributed by atoms with E-state index in [0.29, 0.717) is 6.61 Å². The molecule has 2 aliphatic rings. The fourth-order valence-electron chi connectivity index (χ4n) is 2.26. The van der Waals surface area contributed by atoms with Gasteiger partial charge in [0.1, 0.15) is 6.54 Å². The molecular formula is C13H19N5O3. The number of nitrogens with zero attached hydrogens (tertiary/aromatic N) is 4. The summed E-state index contributed by atoms with van der Waals surface area (Å²) in [5.74, 6) is -0.627. The first kappa shape index (κ1) is 14.0. The number of carbonyl (C=O) groups excluding carboxylic acids is 2. The molecule has 21 heavy (non-hydrogen) atoms. The number of hydrogen-bond donors (Lipinski definition) is 1. The van der Waals surface area contributed by atoms with Gasteiger partial charge in [-0.1, -0.05) is 5.21 Å². The molecule has 1 amide bonds. The van der Waals surface area contributed by atoms with Crippen LogP contribution in [-0.4, -0.2) is 64.1 Å². The summed E-state index contributed by atoms with van der Waals surface area (Å²) in [6, 6.07) is 0.385. The third-order valence-corrected chi connectivity index (χ3v) is 3.72. The van der Waals surface area contributed by atoms with Gasteiger partial charge in [0.15, 0.2) is 5.69 Å². The molecule has 0 bridgehead atoms. The number of rotatable bonds is 6. The maximum absolute atomic E-state index is 12.5. The van der Waals surface area contributed by atoms with Gasteiger partial charge in [-0.05, 0) is 19.8 Å². The van der Waals surface area contributed by atoms with Crippen LogP contribution in [0.5, 0.6) is 0 Å². The van der Waals surface area contributed by atoms with E-state index < -0.39 is 0 Å². The Morgan fingerprint density at radius 3 is 2.81 bits per heavy atom. The van der Waals surface area contributed by atoms with Crippen LogP contribution in [0.3, 0.4) is 0 Å². The standard InChI is InChI=1S/C13H19N5O3/c1-2-21-12(19)8-17(9-3-4-9)13(20)11-7-18(16-15-11)10-5-14-6-10/h7,9-10,14H,2-6,8H2,1H3. The predicted octanol–water partition coefficient (Wildman–Crippen LogP) is -0.410. The lowest BCUT2D eigenvalue weighted by Crippen LogP contribution is -2.43. The summed E-state index contributed by atoms with van der Waals surface area (Å²) in [5.41, 5.74) is 0.290. The molecule has 0 atom stereocenters. The molecule has 0 aromatic carbocycles. The molecule has 0 spiro atoms. The second-order valence-electron chi connectivity index (χ2n) is 5.37. The summed E-state index contributed by atoms with van der Waals surface area (Å²) >= 11 is 0. The van der Waals surface area contributed by atoms with Gasteiger partial charge in [0.25, 0.3) is 5.91 Å². The van der Waals surface area contributed by atoms with Crippen molar-refractivity contribution in [3.63, 3.8) is 0 Å². The fourth-order valence-corrected chi connectivity index (χ4v) is 2.26. The first-order chi connectivity index (χ1) is 10.2. The molecule has 0 unspecified atom stereocenters. The van der Waals surface area contributed by atoms with Crippen LogP contribution in [-0.2, 0) is 9.53 Å². The SMILES string of the molecule is CCOC(=O)CN(C(=O)c1cn(C2CNC2)nn1)C1CC1. The third-order valence-electron chi connectivity index (χ3n) is 3.72. The van der Waals surface area contributed by atoms with Crippen LogP contribution >= 0.6 is 0 Å². The highest BCUT2D eigenvalue weighted by Gasteiger charge is 2.36. The van der Waals surface area contributed by atoms with Gasteiger partial charge in [-0.25, -0.2) is 4.68 Å². The van der Waals surface area contributed by atoms with Crippen molar-refractivity contribution in [2.75, 3.05) is 26.2 Å². The number of esters is 1. The molecule has 1 aromatic rings. The Hall–Kier alpha value is -1.96. The zero-order chi connectivity index (χ0) is 14.8. The molecule has 1 aliphatic heterocycles. The minimum atomic E-state index is -0.381. The molecule has 1 saturated heterocycles. The minimum Gasteiger partial charge on any atom is -0.465 e. The third kappa shape index (κ3) is 3.05. The molecule has 2 heterocycles. The second kappa shape index (κ2) is 5.80. The van der Waals surface area contributed by atoms with E-state index in [4.69, 9.17) is 4.74 Å². The van der Waals surface area contributed by atoms with Crippen molar-refractivity contribution in [1.29, 1.82) is 0 Å². The highest BCUT2D eigenvalue weighted by molar-refractivity contribution is 5.94. The van der Waals surface area contributed by atoms with Gasteiger partial charge in [0.05, 0.1) is 18.8 Å². The van der Waals surface area contributed by atoms with Crippen LogP contribution in [0.4, 0.5) is 0 Å². The van der Waals surface area contributed by atoms with E-state index in [1.807, 2.05) is 0 Å². The summed E-state index contributed by atoms with van der Waals surface area (Å²) in [6.07, 6.45) is 3.51. The lowest BCUT2D eigenvalue weighted by molar-refractivity contribution is -0.144. The van der Waals surface area contributed by atoms with Gasteiger partial charge in [0, 0.05) is 19.1 Å². The van der Waals surface area contributed by atoms with Gasteiger partial charge < -0.3 is 15.0 Å². The maximum Gasteiger partial charge on any atom is 0.325 e. The molecule has 1 aromatic heterocycles. The van der Waals surface area contributed by atoms with Gasteiger partial charge in [0.2, 0.25) is 0 Å². The summed E-state index contributed by atoms with van der Waals surface area (Å²) in [4.78, 5) is 25.7. The van der Waals surface area contributed by atoms with Crippen LogP contribution in [0.2, 0.25) is 0 Å². The lowest BCUT2D eigenvalue weighted by atomic mass is 10.2. The second-order valence-corrected chi connectivity index (χ2v) is 5.37. The average Bonchev–Trinajstić information content (AvgIpc) is 3.13. The highest BCUT2D eigenvalue weighted by Crippen LogP contribution is 2.28. The minimum absolute atomic E-state index is 0.0187. The van der Waals surface area contributed by atoms with Crippen molar-refractivity contribution >= 4 is 11.9 Å².